The third-order valence-electron chi connectivity index (χ3n) is 7.01. The molecule has 1 aromatic heterocycles. The van der Waals surface area contributed by atoms with Gasteiger partial charge in [0.05, 0.1) is 4.90 Å². The van der Waals surface area contributed by atoms with Gasteiger partial charge in [-0.25, -0.2) is 13.4 Å². The number of fused-ring (bicyclic) bond motifs is 1. The minimum Gasteiger partial charge on any atom is -0.487 e. The largest absolute Gasteiger partial charge is 0.487 e. The Morgan fingerprint density at radius 1 is 0.974 bits per heavy atom. The van der Waals surface area contributed by atoms with Gasteiger partial charge in [0.25, 0.3) is 10.0 Å². The molecule has 0 spiro atoms. The summed E-state index contributed by atoms with van der Waals surface area (Å²) in [5, 5.41) is 6.61. The van der Waals surface area contributed by atoms with Gasteiger partial charge in [0.2, 0.25) is 5.95 Å². The van der Waals surface area contributed by atoms with Crippen LogP contribution in [0.5, 0.6) is 5.75 Å². The predicted octanol–water partition coefficient (Wildman–Crippen LogP) is 4.49. The lowest BCUT2D eigenvalue weighted by molar-refractivity contribution is 0.137. The summed E-state index contributed by atoms with van der Waals surface area (Å²) in [6, 6.07) is 8.96. The van der Waals surface area contributed by atoms with Crippen LogP contribution < -0.4 is 25.0 Å². The van der Waals surface area contributed by atoms with E-state index < -0.39 is 10.0 Å². The molecule has 38 heavy (non-hydrogen) atoms. The molecule has 2 aromatic carbocycles. The lowest BCUT2D eigenvalue weighted by Gasteiger charge is -2.27. The highest BCUT2D eigenvalue weighted by molar-refractivity contribution is 7.92. The molecule has 0 unspecified atom stereocenters. The number of halogens is 1. The number of rotatable bonds is 6. The molecule has 0 atom stereocenters. The number of aromatic nitrogens is 2. The Morgan fingerprint density at radius 2 is 1.63 bits per heavy atom. The van der Waals surface area contributed by atoms with Gasteiger partial charge < -0.3 is 20.3 Å². The second kappa shape index (κ2) is 10.6. The number of anilines is 4. The number of sulfonamides is 1. The van der Waals surface area contributed by atoms with Gasteiger partial charge >= 0.3 is 0 Å². The predicted molar refractivity (Wildman–Crippen MR) is 154 cm³/mol. The second-order valence-electron chi connectivity index (χ2n) is 10.3. The van der Waals surface area contributed by atoms with Crippen molar-refractivity contribution in [2.45, 2.75) is 51.5 Å². The molecule has 9 nitrogen and oxygen atoms in total. The van der Waals surface area contributed by atoms with Crippen LogP contribution >= 0.6 is 12.4 Å². The number of piperazine rings is 1. The quantitative estimate of drug-likeness (QED) is 0.406. The van der Waals surface area contributed by atoms with Crippen molar-refractivity contribution in [3.8, 4) is 5.75 Å². The van der Waals surface area contributed by atoms with Crippen molar-refractivity contribution in [1.29, 1.82) is 0 Å². The van der Waals surface area contributed by atoms with Gasteiger partial charge in [0.1, 0.15) is 17.2 Å². The van der Waals surface area contributed by atoms with Crippen LogP contribution in [0.2, 0.25) is 0 Å². The number of hydrogen-bond donors (Lipinski definition) is 3. The Morgan fingerprint density at radius 3 is 2.32 bits per heavy atom. The fourth-order valence-electron chi connectivity index (χ4n) is 5.06. The Bertz CT molecular complexity index is 1440. The van der Waals surface area contributed by atoms with E-state index in [1.807, 2.05) is 52.8 Å². The maximum atomic E-state index is 13.5. The monoisotopic (exact) mass is 558 g/mol. The van der Waals surface area contributed by atoms with Gasteiger partial charge in [-0.15, -0.1) is 12.4 Å². The van der Waals surface area contributed by atoms with Crippen LogP contribution in [-0.2, 0) is 16.4 Å². The van der Waals surface area contributed by atoms with Crippen LogP contribution in [0.15, 0.2) is 41.4 Å². The topological polar surface area (TPSA) is 108 Å². The van der Waals surface area contributed by atoms with Gasteiger partial charge in [-0.05, 0) is 81.6 Å². The first-order chi connectivity index (χ1) is 17.5. The Kier molecular flexibility index (Phi) is 7.79. The molecule has 0 aliphatic carbocycles. The molecule has 0 bridgehead atoms. The Hall–Kier alpha value is -3.08. The molecule has 0 radical (unpaired) electrons. The molecule has 204 valence electrons. The van der Waals surface area contributed by atoms with E-state index in [-0.39, 0.29) is 18.0 Å². The molecule has 3 aromatic rings. The highest BCUT2D eigenvalue weighted by Crippen LogP contribution is 2.44. The zero-order valence-electron chi connectivity index (χ0n) is 22.4. The summed E-state index contributed by atoms with van der Waals surface area (Å²) in [6.07, 6.45) is 2.42. The average Bonchev–Trinajstić information content (AvgIpc) is 3.20. The van der Waals surface area contributed by atoms with Gasteiger partial charge in [-0.2, -0.15) is 4.98 Å². The summed E-state index contributed by atoms with van der Waals surface area (Å²) < 4.78 is 36.0. The van der Waals surface area contributed by atoms with E-state index in [1.54, 1.807) is 18.3 Å². The summed E-state index contributed by atoms with van der Waals surface area (Å²) in [5.74, 6) is 2.20. The summed E-state index contributed by atoms with van der Waals surface area (Å²) in [4.78, 5) is 11.5. The molecule has 0 amide bonds. The highest BCUT2D eigenvalue weighted by atomic mass is 35.5. The fraction of sp³-hybridized carbons (Fsp3) is 0.407. The highest BCUT2D eigenvalue weighted by Gasteiger charge is 2.36. The van der Waals surface area contributed by atoms with E-state index >= 15 is 0 Å². The van der Waals surface area contributed by atoms with Crippen molar-refractivity contribution in [1.82, 2.24) is 15.3 Å². The first kappa shape index (κ1) is 27.9. The SMILES string of the molecule is Cc1c(C)c(S(=O)(=O)Nc2ccc(Nc3ccnc(N4CCNCC4)n3)cc2)c(C)c2c1OC(C)(C)C2.Cl. The van der Waals surface area contributed by atoms with E-state index in [2.05, 4.69) is 30.2 Å². The van der Waals surface area contributed by atoms with Gasteiger partial charge in [0, 0.05) is 55.7 Å². The first-order valence-electron chi connectivity index (χ1n) is 12.5. The fourth-order valence-corrected chi connectivity index (χ4v) is 6.69. The summed E-state index contributed by atoms with van der Waals surface area (Å²) in [6.45, 7) is 13.2. The molecule has 0 saturated carbocycles. The molecule has 3 heterocycles. The molecule has 11 heteroatoms. The third-order valence-corrected chi connectivity index (χ3v) is 8.67. The normalized spacial score (nSPS) is 16.3. The smallest absolute Gasteiger partial charge is 0.262 e. The van der Waals surface area contributed by atoms with Crippen molar-refractivity contribution in [2.24, 2.45) is 0 Å². The molecular formula is C27H35ClN6O3S. The molecule has 3 N–H and O–H groups in total. The summed E-state index contributed by atoms with van der Waals surface area (Å²) in [5.41, 5.74) is 4.24. The number of ether oxygens (including phenoxy) is 1. The van der Waals surface area contributed by atoms with Crippen molar-refractivity contribution >= 4 is 45.6 Å². The van der Waals surface area contributed by atoms with E-state index in [9.17, 15) is 8.42 Å². The van der Waals surface area contributed by atoms with Crippen LogP contribution in [0, 0.1) is 20.8 Å². The molecule has 1 fully saturated rings. The van der Waals surface area contributed by atoms with Crippen molar-refractivity contribution in [3.63, 3.8) is 0 Å². The standard InChI is InChI=1S/C27H34N6O3S.ClH/c1-17-18(2)25(19(3)22-16-27(4,5)36-24(17)22)37(34,35)32-21-8-6-20(7-9-21)30-23-10-11-29-26(31-23)33-14-12-28-13-15-33;/h6-11,28,32H,12-16H2,1-5H3,(H,29,30,31);1H. The molecule has 1 saturated heterocycles. The van der Waals surface area contributed by atoms with Crippen LogP contribution in [0.1, 0.15) is 36.1 Å². The number of hydrogen-bond acceptors (Lipinski definition) is 8. The minimum atomic E-state index is -3.80. The van der Waals surface area contributed by atoms with E-state index in [4.69, 9.17) is 4.74 Å². The van der Waals surface area contributed by atoms with E-state index in [0.29, 0.717) is 34.3 Å². The van der Waals surface area contributed by atoms with Crippen LogP contribution in [-0.4, -0.2) is 50.2 Å². The molecule has 2 aliphatic heterocycles. The van der Waals surface area contributed by atoms with E-state index in [0.717, 1.165) is 54.3 Å². The van der Waals surface area contributed by atoms with Crippen LogP contribution in [0.3, 0.4) is 0 Å². The minimum absolute atomic E-state index is 0. The molecular weight excluding hydrogens is 524 g/mol. The maximum absolute atomic E-state index is 13.5. The summed E-state index contributed by atoms with van der Waals surface area (Å²) in [7, 11) is -3.80. The lowest BCUT2D eigenvalue weighted by atomic mass is 9.94. The van der Waals surface area contributed by atoms with Crippen LogP contribution in [0.25, 0.3) is 0 Å². The van der Waals surface area contributed by atoms with Gasteiger partial charge in [-0.3, -0.25) is 4.72 Å². The van der Waals surface area contributed by atoms with Gasteiger partial charge in [0.15, 0.2) is 0 Å². The number of nitrogens with zero attached hydrogens (tertiary/aromatic N) is 3. The van der Waals surface area contributed by atoms with Gasteiger partial charge in [-0.1, -0.05) is 0 Å². The van der Waals surface area contributed by atoms with Crippen LogP contribution in [0.4, 0.5) is 23.1 Å². The molecule has 2 aliphatic rings. The van der Waals surface area contributed by atoms with E-state index in [1.165, 1.54) is 0 Å². The van der Waals surface area contributed by atoms with Crippen molar-refractivity contribution in [3.05, 3.63) is 58.8 Å². The van der Waals surface area contributed by atoms with Crippen molar-refractivity contribution in [2.75, 3.05) is 41.1 Å². The lowest BCUT2D eigenvalue weighted by Crippen LogP contribution is -2.44. The molecule has 5 rings (SSSR count). The Balaban J connectivity index is 0.00000336. The Labute approximate surface area is 230 Å². The zero-order valence-corrected chi connectivity index (χ0v) is 24.0. The third kappa shape index (κ3) is 5.52. The van der Waals surface area contributed by atoms with Crippen molar-refractivity contribution < 1.29 is 13.2 Å². The number of benzene rings is 2. The summed E-state index contributed by atoms with van der Waals surface area (Å²) >= 11 is 0. The zero-order chi connectivity index (χ0) is 26.4. The number of nitrogens with one attached hydrogen (secondary N) is 3. The average molecular weight is 559 g/mol. The second-order valence-corrected chi connectivity index (χ2v) is 12.0. The maximum Gasteiger partial charge on any atom is 0.262 e. The first-order valence-corrected chi connectivity index (χ1v) is 14.0.